The molecule has 0 radical (unpaired) electrons. The first-order valence-electron chi connectivity index (χ1n) is 8.47. The van der Waals surface area contributed by atoms with Crippen LogP contribution in [0.15, 0.2) is 66.5 Å². The van der Waals surface area contributed by atoms with Crippen LogP contribution in [-0.2, 0) is 0 Å². The molecule has 2 nitrogen and oxygen atoms in total. The monoisotopic (exact) mass is 306 g/mol. The molecular formula is C21H26N2. The fourth-order valence-electron chi connectivity index (χ4n) is 3.70. The fourth-order valence-corrected chi connectivity index (χ4v) is 3.70. The molecule has 1 N–H and O–H groups in total. The number of hydrogen-bond acceptors (Lipinski definition) is 2. The van der Waals surface area contributed by atoms with Gasteiger partial charge in [-0.25, -0.2) is 0 Å². The molecule has 2 unspecified atom stereocenters. The average molecular weight is 306 g/mol. The molecule has 120 valence electrons. The molecule has 0 spiro atoms. The van der Waals surface area contributed by atoms with Crippen molar-refractivity contribution in [2.45, 2.75) is 25.8 Å². The lowest BCUT2D eigenvalue weighted by Gasteiger charge is -2.41. The molecule has 0 aliphatic carbocycles. The highest BCUT2D eigenvalue weighted by Gasteiger charge is 2.29. The molecule has 2 aromatic carbocycles. The van der Waals surface area contributed by atoms with Crippen LogP contribution in [0.4, 0.5) is 0 Å². The Morgan fingerprint density at radius 3 is 2.43 bits per heavy atom. The molecule has 0 saturated carbocycles. The van der Waals surface area contributed by atoms with E-state index in [0.717, 1.165) is 0 Å². The minimum Gasteiger partial charge on any atom is -0.393 e. The lowest BCUT2D eigenvalue weighted by molar-refractivity contribution is 0.205. The van der Waals surface area contributed by atoms with E-state index in [1.807, 2.05) is 7.05 Å². The highest BCUT2D eigenvalue weighted by Crippen LogP contribution is 2.41. The maximum absolute atomic E-state index is 3.21. The summed E-state index contributed by atoms with van der Waals surface area (Å²) < 4.78 is 0. The zero-order valence-electron chi connectivity index (χ0n) is 14.3. The topological polar surface area (TPSA) is 15.3 Å². The molecule has 1 saturated heterocycles. The van der Waals surface area contributed by atoms with Crippen molar-refractivity contribution in [3.8, 4) is 11.1 Å². The summed E-state index contributed by atoms with van der Waals surface area (Å²) in [6, 6.07) is 20.0. The second-order valence-corrected chi connectivity index (χ2v) is 6.42. The largest absolute Gasteiger partial charge is 0.393 e. The molecule has 0 amide bonds. The highest BCUT2D eigenvalue weighted by atomic mass is 15.2. The van der Waals surface area contributed by atoms with E-state index in [1.54, 1.807) is 0 Å². The smallest absolute Gasteiger partial charge is 0.0543 e. The van der Waals surface area contributed by atoms with Crippen LogP contribution in [0.1, 0.15) is 31.4 Å². The summed E-state index contributed by atoms with van der Waals surface area (Å²) in [5.41, 5.74) is 5.47. The second-order valence-electron chi connectivity index (χ2n) is 6.42. The number of hydrogen-bond donors (Lipinski definition) is 1. The molecule has 23 heavy (non-hydrogen) atoms. The third-order valence-electron chi connectivity index (χ3n) is 4.95. The second kappa shape index (κ2) is 6.91. The van der Waals surface area contributed by atoms with Gasteiger partial charge >= 0.3 is 0 Å². The summed E-state index contributed by atoms with van der Waals surface area (Å²) in [5, 5.41) is 3.21. The Hall–Kier alpha value is -2.22. The molecule has 2 atom stereocenters. The van der Waals surface area contributed by atoms with Gasteiger partial charge in [-0.1, -0.05) is 61.5 Å². The highest BCUT2D eigenvalue weighted by molar-refractivity contribution is 5.68. The van der Waals surface area contributed by atoms with Crippen molar-refractivity contribution in [1.82, 2.24) is 10.2 Å². The maximum atomic E-state index is 3.21. The number of rotatable bonds is 3. The lowest BCUT2D eigenvalue weighted by atomic mass is 9.85. The van der Waals surface area contributed by atoms with E-state index in [9.17, 15) is 0 Å². The van der Waals surface area contributed by atoms with Crippen LogP contribution >= 0.6 is 0 Å². The zero-order chi connectivity index (χ0) is 16.2. The van der Waals surface area contributed by atoms with Crippen LogP contribution in [0.5, 0.6) is 0 Å². The number of benzene rings is 2. The van der Waals surface area contributed by atoms with Crippen molar-refractivity contribution >= 4 is 0 Å². The van der Waals surface area contributed by atoms with Crippen molar-refractivity contribution in [3.05, 3.63) is 72.1 Å². The third kappa shape index (κ3) is 3.12. The van der Waals surface area contributed by atoms with Crippen LogP contribution in [0.2, 0.25) is 0 Å². The molecule has 3 rings (SSSR count). The minimum atomic E-state index is 0.433. The van der Waals surface area contributed by atoms with Crippen molar-refractivity contribution in [2.75, 3.05) is 14.1 Å². The zero-order valence-corrected chi connectivity index (χ0v) is 14.3. The molecule has 1 aliphatic heterocycles. The standard InChI is InChI=1S/C21H26N2/c1-16-13-14-20(23(3)21(16)15-22-2)19-12-8-7-11-18(19)17-9-5-4-6-10-17/h4-12,15-16,20,22H,13-14H2,1-3H3/b21-15-. The van der Waals surface area contributed by atoms with Crippen molar-refractivity contribution < 1.29 is 0 Å². The molecule has 2 aromatic rings. The van der Waals surface area contributed by atoms with Crippen LogP contribution in [0.25, 0.3) is 11.1 Å². The van der Waals surface area contributed by atoms with Gasteiger partial charge in [-0.05, 0) is 35.4 Å². The Morgan fingerprint density at radius 2 is 1.70 bits per heavy atom. The summed E-state index contributed by atoms with van der Waals surface area (Å²) in [6.45, 7) is 2.32. The van der Waals surface area contributed by atoms with Gasteiger partial charge in [0.05, 0.1) is 6.04 Å². The van der Waals surface area contributed by atoms with Gasteiger partial charge in [0.2, 0.25) is 0 Å². The third-order valence-corrected chi connectivity index (χ3v) is 4.95. The van der Waals surface area contributed by atoms with Crippen LogP contribution < -0.4 is 5.32 Å². The van der Waals surface area contributed by atoms with Crippen LogP contribution in [0.3, 0.4) is 0 Å². The van der Waals surface area contributed by atoms with E-state index in [-0.39, 0.29) is 0 Å². The van der Waals surface area contributed by atoms with Gasteiger partial charge in [0.15, 0.2) is 0 Å². The van der Waals surface area contributed by atoms with Crippen LogP contribution in [0, 0.1) is 5.92 Å². The first kappa shape index (κ1) is 15.7. The number of nitrogens with one attached hydrogen (secondary N) is 1. The molecule has 2 heteroatoms. The van der Waals surface area contributed by atoms with E-state index in [1.165, 1.54) is 35.2 Å². The van der Waals surface area contributed by atoms with Gasteiger partial charge in [0, 0.05) is 26.0 Å². The molecule has 1 heterocycles. The van der Waals surface area contributed by atoms with E-state index >= 15 is 0 Å². The first-order chi connectivity index (χ1) is 11.2. The normalized spacial score (nSPS) is 23.1. The summed E-state index contributed by atoms with van der Waals surface area (Å²) in [5.74, 6) is 0.604. The predicted octanol–water partition coefficient (Wildman–Crippen LogP) is 4.82. The lowest BCUT2D eigenvalue weighted by Crippen LogP contribution is -2.33. The SMILES string of the molecule is CN/C=C1/C(C)CCC(c2ccccc2-c2ccccc2)N1C. The Morgan fingerprint density at radius 1 is 1.00 bits per heavy atom. The van der Waals surface area contributed by atoms with E-state index in [2.05, 4.69) is 85.0 Å². The maximum Gasteiger partial charge on any atom is 0.0543 e. The van der Waals surface area contributed by atoms with Gasteiger partial charge in [-0.15, -0.1) is 0 Å². The van der Waals surface area contributed by atoms with E-state index in [4.69, 9.17) is 0 Å². The average Bonchev–Trinajstić information content (AvgIpc) is 2.60. The number of nitrogens with zero attached hydrogens (tertiary/aromatic N) is 1. The van der Waals surface area contributed by atoms with Gasteiger partial charge in [-0.2, -0.15) is 0 Å². The molecule has 0 bridgehead atoms. The van der Waals surface area contributed by atoms with Crippen molar-refractivity contribution in [2.24, 2.45) is 5.92 Å². The quantitative estimate of drug-likeness (QED) is 0.875. The first-order valence-corrected chi connectivity index (χ1v) is 8.47. The Balaban J connectivity index is 2.01. The number of piperidine rings is 1. The van der Waals surface area contributed by atoms with Gasteiger partial charge in [-0.3, -0.25) is 0 Å². The minimum absolute atomic E-state index is 0.433. The van der Waals surface area contributed by atoms with E-state index in [0.29, 0.717) is 12.0 Å². The number of likely N-dealkylation sites (tertiary alicyclic amines) is 1. The predicted molar refractivity (Wildman–Crippen MR) is 97.9 cm³/mol. The van der Waals surface area contributed by atoms with Crippen molar-refractivity contribution in [1.29, 1.82) is 0 Å². The molecule has 1 fully saturated rings. The van der Waals surface area contributed by atoms with Crippen LogP contribution in [-0.4, -0.2) is 19.0 Å². The summed E-state index contributed by atoms with van der Waals surface area (Å²) in [4.78, 5) is 2.45. The summed E-state index contributed by atoms with van der Waals surface area (Å²) in [7, 11) is 4.21. The summed E-state index contributed by atoms with van der Waals surface area (Å²) in [6.07, 6.45) is 4.58. The number of allylic oxidation sites excluding steroid dienone is 1. The Kier molecular flexibility index (Phi) is 4.71. The van der Waals surface area contributed by atoms with Gasteiger partial charge in [0.25, 0.3) is 0 Å². The van der Waals surface area contributed by atoms with E-state index < -0.39 is 0 Å². The fraction of sp³-hybridized carbons (Fsp3) is 0.333. The molecule has 1 aliphatic rings. The Bertz CT molecular complexity index is 675. The van der Waals surface area contributed by atoms with Gasteiger partial charge in [0.1, 0.15) is 0 Å². The summed E-state index contributed by atoms with van der Waals surface area (Å²) >= 11 is 0. The Labute approximate surface area is 139 Å². The van der Waals surface area contributed by atoms with Gasteiger partial charge < -0.3 is 10.2 Å². The molecule has 0 aromatic heterocycles. The molecular weight excluding hydrogens is 280 g/mol. The van der Waals surface area contributed by atoms with Crippen molar-refractivity contribution in [3.63, 3.8) is 0 Å².